The minimum absolute atomic E-state index is 0.00379. The van der Waals surface area contributed by atoms with Gasteiger partial charge in [-0.15, -0.1) is 0 Å². The van der Waals surface area contributed by atoms with Gasteiger partial charge in [0.25, 0.3) is 0 Å². The third-order valence-corrected chi connectivity index (χ3v) is 5.62. The van der Waals surface area contributed by atoms with E-state index < -0.39 is 0 Å². The zero-order valence-electron chi connectivity index (χ0n) is 15.8. The van der Waals surface area contributed by atoms with Crippen LogP contribution in [0.3, 0.4) is 0 Å². The van der Waals surface area contributed by atoms with Crippen molar-refractivity contribution in [2.45, 2.75) is 65.4 Å². The second-order valence-electron chi connectivity index (χ2n) is 7.90. The minimum atomic E-state index is -0.173. The van der Waals surface area contributed by atoms with Crippen LogP contribution in [0.25, 0.3) is 0 Å². The summed E-state index contributed by atoms with van der Waals surface area (Å²) >= 11 is 0. The van der Waals surface area contributed by atoms with Crippen LogP contribution in [-0.2, 0) is 14.9 Å². The van der Waals surface area contributed by atoms with Gasteiger partial charge in [0.05, 0.1) is 5.92 Å². The third kappa shape index (κ3) is 4.28. The van der Waals surface area contributed by atoms with Crippen LogP contribution in [0, 0.1) is 17.8 Å². The van der Waals surface area contributed by atoms with Gasteiger partial charge in [0.2, 0.25) is 0 Å². The summed E-state index contributed by atoms with van der Waals surface area (Å²) in [6.07, 6.45) is 7.12. The smallest absolute Gasteiger partial charge is 0.312 e. The Hall–Kier alpha value is -1.57. The van der Waals surface area contributed by atoms with Crippen molar-refractivity contribution in [2.75, 3.05) is 0 Å². The molecule has 0 aliphatic heterocycles. The van der Waals surface area contributed by atoms with Crippen LogP contribution in [0.2, 0.25) is 0 Å². The van der Waals surface area contributed by atoms with Gasteiger partial charge in [0.1, 0.15) is 6.10 Å². The molecule has 24 heavy (non-hydrogen) atoms. The average molecular weight is 328 g/mol. The molecule has 132 valence electrons. The molecule has 0 spiro atoms. The molecule has 0 heterocycles. The topological polar surface area (TPSA) is 26.3 Å². The van der Waals surface area contributed by atoms with Crippen molar-refractivity contribution < 1.29 is 9.53 Å². The molecule has 0 radical (unpaired) electrons. The fraction of sp³-hybridized carbons (Fsp3) is 0.591. The first kappa shape index (κ1) is 18.8. The highest BCUT2D eigenvalue weighted by atomic mass is 16.5. The van der Waals surface area contributed by atoms with Crippen LogP contribution in [0.1, 0.15) is 59.4 Å². The molecule has 1 saturated carbocycles. The quantitative estimate of drug-likeness (QED) is 0.525. The Kier molecular flexibility index (Phi) is 6.26. The van der Waals surface area contributed by atoms with Crippen LogP contribution in [0.4, 0.5) is 0 Å². The minimum Gasteiger partial charge on any atom is -0.462 e. The van der Waals surface area contributed by atoms with Crippen molar-refractivity contribution >= 4 is 5.97 Å². The van der Waals surface area contributed by atoms with E-state index in [2.05, 4.69) is 51.1 Å². The molecule has 1 aliphatic rings. The largest absolute Gasteiger partial charge is 0.462 e. The first-order valence-electron chi connectivity index (χ1n) is 9.25. The van der Waals surface area contributed by atoms with E-state index in [0.29, 0.717) is 11.8 Å². The van der Waals surface area contributed by atoms with E-state index in [1.165, 1.54) is 12.0 Å². The first-order valence-corrected chi connectivity index (χ1v) is 9.25. The zero-order valence-corrected chi connectivity index (χ0v) is 15.8. The van der Waals surface area contributed by atoms with Gasteiger partial charge in [0.15, 0.2) is 0 Å². The van der Waals surface area contributed by atoms with Crippen molar-refractivity contribution in [1.82, 2.24) is 0 Å². The Labute approximate surface area is 147 Å². The van der Waals surface area contributed by atoms with Crippen molar-refractivity contribution in [1.29, 1.82) is 0 Å². The van der Waals surface area contributed by atoms with Crippen LogP contribution in [0.5, 0.6) is 0 Å². The number of rotatable bonds is 5. The maximum absolute atomic E-state index is 12.4. The molecular formula is C22H32O2. The monoisotopic (exact) mass is 328 g/mol. The number of benzene rings is 1. The number of ether oxygens (including phenoxy) is 1. The molecule has 2 heteroatoms. The van der Waals surface area contributed by atoms with Crippen LogP contribution < -0.4 is 0 Å². The van der Waals surface area contributed by atoms with Gasteiger partial charge >= 0.3 is 5.97 Å². The van der Waals surface area contributed by atoms with Gasteiger partial charge in [-0.1, -0.05) is 69.7 Å². The van der Waals surface area contributed by atoms with E-state index in [9.17, 15) is 4.79 Å². The van der Waals surface area contributed by atoms with Crippen LogP contribution in [0.15, 0.2) is 42.5 Å². The fourth-order valence-electron chi connectivity index (χ4n) is 3.99. The Balaban J connectivity index is 2.21. The predicted molar refractivity (Wildman–Crippen MR) is 99.8 cm³/mol. The summed E-state index contributed by atoms with van der Waals surface area (Å²) in [4.78, 5) is 12.4. The van der Waals surface area contributed by atoms with E-state index >= 15 is 0 Å². The molecular weight excluding hydrogens is 296 g/mol. The summed E-state index contributed by atoms with van der Waals surface area (Å²) in [7, 11) is 0. The van der Waals surface area contributed by atoms with Crippen LogP contribution >= 0.6 is 0 Å². The highest BCUT2D eigenvalue weighted by molar-refractivity contribution is 5.74. The SMILES string of the molecule is C/C=C/[C@@H](C)C(=O)O[C@@H]1C[C@H](C)CC[C@H]1C(C)(C)c1ccccc1. The lowest BCUT2D eigenvalue weighted by atomic mass is 9.64. The molecule has 2 rings (SSSR count). The molecule has 0 bridgehead atoms. The molecule has 1 aliphatic carbocycles. The number of carbonyl (C=O) groups is 1. The van der Waals surface area contributed by atoms with E-state index in [1.807, 2.05) is 26.0 Å². The molecule has 0 amide bonds. The predicted octanol–water partition coefficient (Wildman–Crippen LogP) is 5.52. The van der Waals surface area contributed by atoms with E-state index in [0.717, 1.165) is 12.8 Å². The zero-order chi connectivity index (χ0) is 17.7. The van der Waals surface area contributed by atoms with Gasteiger partial charge in [0, 0.05) is 5.92 Å². The molecule has 0 aromatic heterocycles. The van der Waals surface area contributed by atoms with E-state index in [-0.39, 0.29) is 23.4 Å². The Bertz CT molecular complexity index is 559. The normalized spacial score (nSPS) is 26.3. The summed E-state index contributed by atoms with van der Waals surface area (Å²) in [6.45, 7) is 10.7. The van der Waals surface area contributed by atoms with Crippen molar-refractivity contribution in [2.24, 2.45) is 17.8 Å². The summed E-state index contributed by atoms with van der Waals surface area (Å²) in [5.41, 5.74) is 1.32. The van der Waals surface area contributed by atoms with Gasteiger partial charge in [-0.05, 0) is 43.6 Å². The molecule has 0 saturated heterocycles. The highest BCUT2D eigenvalue weighted by Gasteiger charge is 2.42. The lowest BCUT2D eigenvalue weighted by molar-refractivity contribution is -0.159. The maximum atomic E-state index is 12.4. The van der Waals surface area contributed by atoms with Gasteiger partial charge < -0.3 is 4.74 Å². The molecule has 2 nitrogen and oxygen atoms in total. The molecule has 4 atom stereocenters. The number of hydrogen-bond donors (Lipinski definition) is 0. The lowest BCUT2D eigenvalue weighted by Gasteiger charge is -2.44. The van der Waals surface area contributed by atoms with Crippen molar-refractivity contribution in [3.05, 3.63) is 48.0 Å². The second-order valence-corrected chi connectivity index (χ2v) is 7.90. The van der Waals surface area contributed by atoms with E-state index in [1.54, 1.807) is 0 Å². The molecule has 1 fully saturated rings. The molecule has 0 N–H and O–H groups in total. The third-order valence-electron chi connectivity index (χ3n) is 5.62. The Morgan fingerprint density at radius 3 is 2.54 bits per heavy atom. The summed E-state index contributed by atoms with van der Waals surface area (Å²) in [5, 5.41) is 0. The number of carbonyl (C=O) groups excluding carboxylic acids is 1. The van der Waals surface area contributed by atoms with Gasteiger partial charge in [-0.25, -0.2) is 0 Å². The fourth-order valence-corrected chi connectivity index (χ4v) is 3.99. The number of hydrogen-bond acceptors (Lipinski definition) is 2. The highest BCUT2D eigenvalue weighted by Crippen LogP contribution is 2.43. The van der Waals surface area contributed by atoms with Crippen LogP contribution in [-0.4, -0.2) is 12.1 Å². The number of allylic oxidation sites excluding steroid dienone is 1. The van der Waals surface area contributed by atoms with Crippen molar-refractivity contribution in [3.8, 4) is 0 Å². The maximum Gasteiger partial charge on any atom is 0.312 e. The van der Waals surface area contributed by atoms with Crippen molar-refractivity contribution in [3.63, 3.8) is 0 Å². The summed E-state index contributed by atoms with van der Waals surface area (Å²) < 4.78 is 6.01. The van der Waals surface area contributed by atoms with Gasteiger partial charge in [-0.2, -0.15) is 0 Å². The summed E-state index contributed by atoms with van der Waals surface area (Å²) in [6, 6.07) is 10.6. The van der Waals surface area contributed by atoms with Gasteiger partial charge in [-0.3, -0.25) is 4.79 Å². The first-order chi connectivity index (χ1) is 11.4. The average Bonchev–Trinajstić information content (AvgIpc) is 2.55. The van der Waals surface area contributed by atoms with E-state index in [4.69, 9.17) is 4.74 Å². The molecule has 1 aromatic rings. The Morgan fingerprint density at radius 2 is 1.92 bits per heavy atom. The number of esters is 1. The lowest BCUT2D eigenvalue weighted by Crippen LogP contribution is -2.44. The summed E-state index contributed by atoms with van der Waals surface area (Å²) in [5.74, 6) is 0.703. The molecule has 0 unspecified atom stereocenters. The standard InChI is InChI=1S/C22H32O2/c1-6-10-17(3)21(23)24-20-15-16(2)13-14-19(20)22(4,5)18-11-8-7-9-12-18/h6-12,16-17,19-20H,13-15H2,1-5H3/b10-6+/t16-,17-,19-,20-/m1/s1. The Morgan fingerprint density at radius 1 is 1.25 bits per heavy atom. The molecule has 1 aromatic carbocycles. The second kappa shape index (κ2) is 8.00.